The average Bonchev–Trinajstić information content (AvgIpc) is 2.29. The third-order valence-corrected chi connectivity index (χ3v) is 3.16. The molecular formula is C13H12Cl2N2O. The van der Waals surface area contributed by atoms with Crippen molar-refractivity contribution < 1.29 is 5.11 Å². The zero-order chi connectivity index (χ0) is 13.3. The summed E-state index contributed by atoms with van der Waals surface area (Å²) >= 11 is 11.8. The molecule has 0 bridgehead atoms. The highest BCUT2D eigenvalue weighted by atomic mass is 35.5. The van der Waals surface area contributed by atoms with Crippen LogP contribution in [0.15, 0.2) is 30.3 Å². The van der Waals surface area contributed by atoms with Crippen LogP contribution < -0.4 is 11.5 Å². The molecule has 3 nitrogen and oxygen atoms in total. The summed E-state index contributed by atoms with van der Waals surface area (Å²) in [6.07, 6.45) is 0.443. The summed E-state index contributed by atoms with van der Waals surface area (Å²) in [4.78, 5) is 0. The molecule has 0 aromatic heterocycles. The number of phenols is 1. The predicted octanol–water partition coefficient (Wildman–Crippen LogP) is 3.45. The summed E-state index contributed by atoms with van der Waals surface area (Å²) in [7, 11) is 0. The molecule has 5 heteroatoms. The number of nitrogens with two attached hydrogens (primary N) is 2. The molecule has 0 spiro atoms. The Bertz CT molecular complexity index is 600. The summed E-state index contributed by atoms with van der Waals surface area (Å²) in [5, 5.41) is 10.6. The zero-order valence-corrected chi connectivity index (χ0v) is 11.0. The quantitative estimate of drug-likeness (QED) is 0.739. The van der Waals surface area contributed by atoms with Crippen molar-refractivity contribution in [2.24, 2.45) is 0 Å². The first kappa shape index (κ1) is 12.9. The van der Waals surface area contributed by atoms with Crippen LogP contribution in [-0.2, 0) is 6.42 Å². The monoisotopic (exact) mass is 282 g/mol. The number of phenolic OH excluding ortho intramolecular Hbond substituents is 1. The van der Waals surface area contributed by atoms with E-state index in [4.69, 9.17) is 34.7 Å². The van der Waals surface area contributed by atoms with Crippen LogP contribution in [0.3, 0.4) is 0 Å². The number of benzene rings is 2. The van der Waals surface area contributed by atoms with Crippen LogP contribution in [0.25, 0.3) is 0 Å². The van der Waals surface area contributed by atoms with Gasteiger partial charge in [-0.3, -0.25) is 0 Å². The van der Waals surface area contributed by atoms with Gasteiger partial charge in [0.15, 0.2) is 0 Å². The van der Waals surface area contributed by atoms with Crippen molar-refractivity contribution in [2.75, 3.05) is 11.5 Å². The second-order valence-corrected chi connectivity index (χ2v) is 4.87. The van der Waals surface area contributed by atoms with E-state index in [1.165, 1.54) is 6.07 Å². The van der Waals surface area contributed by atoms with Crippen molar-refractivity contribution in [3.8, 4) is 5.75 Å². The summed E-state index contributed by atoms with van der Waals surface area (Å²) in [5.41, 5.74) is 14.2. The molecule has 18 heavy (non-hydrogen) atoms. The van der Waals surface area contributed by atoms with Gasteiger partial charge in [-0.2, -0.15) is 0 Å². The SMILES string of the molecule is Nc1ccc(Cc2cc(Cl)cc(Cl)c2O)c(N)c1. The molecule has 2 aromatic carbocycles. The molecule has 0 unspecified atom stereocenters. The van der Waals surface area contributed by atoms with E-state index >= 15 is 0 Å². The van der Waals surface area contributed by atoms with Gasteiger partial charge in [0, 0.05) is 28.4 Å². The smallest absolute Gasteiger partial charge is 0.137 e. The van der Waals surface area contributed by atoms with E-state index in [9.17, 15) is 5.11 Å². The molecule has 0 atom stereocenters. The number of anilines is 2. The van der Waals surface area contributed by atoms with Gasteiger partial charge in [0.25, 0.3) is 0 Å². The van der Waals surface area contributed by atoms with Gasteiger partial charge in [-0.15, -0.1) is 0 Å². The largest absolute Gasteiger partial charge is 0.506 e. The number of nitrogen functional groups attached to an aromatic ring is 2. The lowest BCUT2D eigenvalue weighted by atomic mass is 10.0. The molecule has 2 rings (SSSR count). The van der Waals surface area contributed by atoms with E-state index in [0.29, 0.717) is 28.4 Å². The maximum Gasteiger partial charge on any atom is 0.137 e. The second kappa shape index (κ2) is 4.96. The van der Waals surface area contributed by atoms with Gasteiger partial charge in [0.05, 0.1) is 5.02 Å². The number of hydrogen-bond acceptors (Lipinski definition) is 3. The topological polar surface area (TPSA) is 72.3 Å². The first-order valence-electron chi connectivity index (χ1n) is 5.28. The van der Waals surface area contributed by atoms with Gasteiger partial charge >= 0.3 is 0 Å². The molecule has 0 aliphatic carbocycles. The molecule has 0 heterocycles. The molecular weight excluding hydrogens is 271 g/mol. The van der Waals surface area contributed by atoms with Crippen molar-refractivity contribution in [1.29, 1.82) is 0 Å². The highest BCUT2D eigenvalue weighted by Crippen LogP contribution is 2.33. The summed E-state index contributed by atoms with van der Waals surface area (Å²) < 4.78 is 0. The minimum absolute atomic E-state index is 0.0253. The van der Waals surface area contributed by atoms with Crippen LogP contribution >= 0.6 is 23.2 Å². The van der Waals surface area contributed by atoms with Gasteiger partial charge in [0.1, 0.15) is 5.75 Å². The Hall–Kier alpha value is -1.58. The minimum Gasteiger partial charge on any atom is -0.506 e. The molecule has 0 aliphatic rings. The molecule has 0 amide bonds. The molecule has 0 radical (unpaired) electrons. The first-order chi connectivity index (χ1) is 8.47. The summed E-state index contributed by atoms with van der Waals surface area (Å²) in [6.45, 7) is 0. The molecule has 5 N–H and O–H groups in total. The van der Waals surface area contributed by atoms with E-state index in [0.717, 1.165) is 5.56 Å². The van der Waals surface area contributed by atoms with Gasteiger partial charge in [-0.1, -0.05) is 29.3 Å². The Balaban J connectivity index is 2.40. The molecule has 0 fully saturated rings. The second-order valence-electron chi connectivity index (χ2n) is 4.03. The van der Waals surface area contributed by atoms with Crippen molar-refractivity contribution >= 4 is 34.6 Å². The molecule has 0 saturated carbocycles. The lowest BCUT2D eigenvalue weighted by Crippen LogP contribution is -1.98. The Morgan fingerprint density at radius 2 is 1.72 bits per heavy atom. The van der Waals surface area contributed by atoms with Crippen LogP contribution in [0.5, 0.6) is 5.75 Å². The van der Waals surface area contributed by atoms with E-state index in [2.05, 4.69) is 0 Å². The van der Waals surface area contributed by atoms with Crippen LogP contribution in [0.4, 0.5) is 11.4 Å². The third kappa shape index (κ3) is 2.63. The van der Waals surface area contributed by atoms with Crippen LogP contribution in [0, 0.1) is 0 Å². The Kier molecular flexibility index (Phi) is 3.55. The van der Waals surface area contributed by atoms with Crippen molar-refractivity contribution in [3.63, 3.8) is 0 Å². The van der Waals surface area contributed by atoms with E-state index in [1.807, 2.05) is 6.07 Å². The minimum atomic E-state index is 0.0253. The fourth-order valence-corrected chi connectivity index (χ4v) is 2.27. The van der Waals surface area contributed by atoms with Crippen LogP contribution in [-0.4, -0.2) is 5.11 Å². The number of halogens is 2. The fourth-order valence-electron chi connectivity index (χ4n) is 1.73. The average molecular weight is 283 g/mol. The Morgan fingerprint density at radius 3 is 2.39 bits per heavy atom. The van der Waals surface area contributed by atoms with Gasteiger partial charge < -0.3 is 16.6 Å². The number of rotatable bonds is 2. The highest BCUT2D eigenvalue weighted by molar-refractivity contribution is 6.35. The summed E-state index contributed by atoms with van der Waals surface area (Å²) in [5.74, 6) is 0.0253. The van der Waals surface area contributed by atoms with E-state index in [1.54, 1.807) is 18.2 Å². The number of hydrogen-bond donors (Lipinski definition) is 3. The van der Waals surface area contributed by atoms with Crippen molar-refractivity contribution in [1.82, 2.24) is 0 Å². The Labute approximate surface area is 115 Å². The maximum absolute atomic E-state index is 9.87. The first-order valence-corrected chi connectivity index (χ1v) is 6.03. The van der Waals surface area contributed by atoms with Gasteiger partial charge in [-0.25, -0.2) is 0 Å². The third-order valence-electron chi connectivity index (χ3n) is 2.66. The highest BCUT2D eigenvalue weighted by Gasteiger charge is 2.10. The fraction of sp³-hybridized carbons (Fsp3) is 0.0769. The molecule has 94 valence electrons. The lowest BCUT2D eigenvalue weighted by molar-refractivity contribution is 0.470. The predicted molar refractivity (Wildman–Crippen MR) is 76.2 cm³/mol. The standard InChI is InChI=1S/C13H12Cl2N2O/c14-9-4-8(13(18)11(15)5-9)3-7-1-2-10(16)6-12(7)17/h1-2,4-6,18H,3,16-17H2. The Morgan fingerprint density at radius 1 is 1.00 bits per heavy atom. The normalized spacial score (nSPS) is 10.6. The number of aromatic hydroxyl groups is 1. The van der Waals surface area contributed by atoms with E-state index in [-0.39, 0.29) is 10.8 Å². The molecule has 2 aromatic rings. The van der Waals surface area contributed by atoms with Crippen LogP contribution in [0.1, 0.15) is 11.1 Å². The van der Waals surface area contributed by atoms with Crippen LogP contribution in [0.2, 0.25) is 10.0 Å². The maximum atomic E-state index is 9.87. The zero-order valence-electron chi connectivity index (χ0n) is 9.45. The summed E-state index contributed by atoms with van der Waals surface area (Å²) in [6, 6.07) is 8.42. The molecule has 0 saturated heterocycles. The van der Waals surface area contributed by atoms with E-state index < -0.39 is 0 Å². The lowest BCUT2D eigenvalue weighted by Gasteiger charge is -2.10. The van der Waals surface area contributed by atoms with Gasteiger partial charge in [-0.05, 0) is 29.8 Å². The van der Waals surface area contributed by atoms with Gasteiger partial charge in [0.2, 0.25) is 0 Å². The van der Waals surface area contributed by atoms with Crippen molar-refractivity contribution in [3.05, 3.63) is 51.5 Å². The molecule has 0 aliphatic heterocycles. The van der Waals surface area contributed by atoms with Crippen molar-refractivity contribution in [2.45, 2.75) is 6.42 Å².